The highest BCUT2D eigenvalue weighted by Crippen LogP contribution is 2.31. The lowest BCUT2D eigenvalue weighted by atomic mass is 10.1. The van der Waals surface area contributed by atoms with Crippen LogP contribution in [0.15, 0.2) is 24.3 Å². The minimum atomic E-state index is -0.902. The normalized spacial score (nSPS) is 12.2. The number of imidazole rings is 1. The molecule has 0 amide bonds. The number of aromatic amines is 1. The number of hydrogen-bond donors (Lipinski definition) is 2. The van der Waals surface area contributed by atoms with Crippen molar-refractivity contribution in [1.82, 2.24) is 9.97 Å². The SMILES string of the molecule is COc1ccccc1-c1nc(C(C)C(=O)O)[nH]c1C. The van der Waals surface area contributed by atoms with Crippen LogP contribution in [0.5, 0.6) is 5.75 Å². The lowest BCUT2D eigenvalue weighted by molar-refractivity contribution is -0.138. The number of hydrogen-bond acceptors (Lipinski definition) is 3. The summed E-state index contributed by atoms with van der Waals surface area (Å²) in [7, 11) is 1.60. The van der Waals surface area contributed by atoms with E-state index < -0.39 is 11.9 Å². The van der Waals surface area contributed by atoms with E-state index in [-0.39, 0.29) is 0 Å². The van der Waals surface area contributed by atoms with Gasteiger partial charge in [-0.1, -0.05) is 12.1 Å². The number of aromatic nitrogens is 2. The number of carbonyl (C=O) groups is 1. The Morgan fingerprint density at radius 3 is 2.74 bits per heavy atom. The van der Waals surface area contributed by atoms with Gasteiger partial charge in [-0.05, 0) is 26.0 Å². The molecule has 0 aliphatic heterocycles. The Kier molecular flexibility index (Phi) is 3.55. The lowest BCUT2D eigenvalue weighted by Crippen LogP contribution is -2.09. The van der Waals surface area contributed by atoms with Crippen LogP contribution in [0.25, 0.3) is 11.3 Å². The van der Waals surface area contributed by atoms with Gasteiger partial charge in [-0.15, -0.1) is 0 Å². The first-order chi connectivity index (χ1) is 9.04. The van der Waals surface area contributed by atoms with Crippen molar-refractivity contribution in [2.45, 2.75) is 19.8 Å². The van der Waals surface area contributed by atoms with Crippen LogP contribution in [-0.2, 0) is 4.79 Å². The fourth-order valence-corrected chi connectivity index (χ4v) is 1.91. The maximum Gasteiger partial charge on any atom is 0.313 e. The molecule has 100 valence electrons. The Bertz CT molecular complexity index is 604. The molecule has 0 spiro atoms. The second-order valence-electron chi connectivity index (χ2n) is 4.36. The molecule has 2 rings (SSSR count). The summed E-state index contributed by atoms with van der Waals surface area (Å²) >= 11 is 0. The van der Waals surface area contributed by atoms with Gasteiger partial charge in [-0.2, -0.15) is 0 Å². The van der Waals surface area contributed by atoms with Crippen molar-refractivity contribution in [3.63, 3.8) is 0 Å². The maximum absolute atomic E-state index is 11.0. The first-order valence-corrected chi connectivity index (χ1v) is 5.97. The highest BCUT2D eigenvalue weighted by molar-refractivity contribution is 5.75. The number of nitrogens with one attached hydrogen (secondary N) is 1. The topological polar surface area (TPSA) is 75.2 Å². The molecule has 0 aliphatic rings. The van der Waals surface area contributed by atoms with E-state index in [1.54, 1.807) is 14.0 Å². The second-order valence-corrected chi connectivity index (χ2v) is 4.36. The van der Waals surface area contributed by atoms with Gasteiger partial charge < -0.3 is 14.8 Å². The highest BCUT2D eigenvalue weighted by Gasteiger charge is 2.20. The summed E-state index contributed by atoms with van der Waals surface area (Å²) in [6.45, 7) is 3.47. The average Bonchev–Trinajstić information content (AvgIpc) is 2.79. The summed E-state index contributed by atoms with van der Waals surface area (Å²) in [5, 5.41) is 9.02. The summed E-state index contributed by atoms with van der Waals surface area (Å²) in [4.78, 5) is 18.4. The van der Waals surface area contributed by atoms with Gasteiger partial charge in [0.05, 0.1) is 12.8 Å². The van der Waals surface area contributed by atoms with E-state index in [4.69, 9.17) is 9.84 Å². The van der Waals surface area contributed by atoms with E-state index >= 15 is 0 Å². The van der Waals surface area contributed by atoms with Gasteiger partial charge in [-0.25, -0.2) is 4.98 Å². The molecule has 5 nitrogen and oxygen atoms in total. The lowest BCUT2D eigenvalue weighted by Gasteiger charge is -2.06. The third-order valence-electron chi connectivity index (χ3n) is 3.05. The Balaban J connectivity index is 2.49. The van der Waals surface area contributed by atoms with Crippen LogP contribution in [0.3, 0.4) is 0 Å². The van der Waals surface area contributed by atoms with Gasteiger partial charge >= 0.3 is 5.97 Å². The summed E-state index contributed by atoms with van der Waals surface area (Å²) < 4.78 is 5.30. The van der Waals surface area contributed by atoms with Gasteiger partial charge in [0.1, 0.15) is 17.5 Å². The van der Waals surface area contributed by atoms with Crippen LogP contribution < -0.4 is 4.74 Å². The molecule has 2 aromatic rings. The van der Waals surface area contributed by atoms with Crippen molar-refractivity contribution < 1.29 is 14.6 Å². The standard InChI is InChI=1S/C14H16N2O3/c1-8(14(17)18)13-15-9(2)12(16-13)10-6-4-5-7-11(10)19-3/h4-8H,1-3H3,(H,15,16)(H,17,18). The van der Waals surface area contributed by atoms with Gasteiger partial charge in [0.15, 0.2) is 0 Å². The molecular weight excluding hydrogens is 244 g/mol. The summed E-state index contributed by atoms with van der Waals surface area (Å²) in [5.41, 5.74) is 2.40. The van der Waals surface area contributed by atoms with Crippen LogP contribution in [0.2, 0.25) is 0 Å². The number of methoxy groups -OCH3 is 1. The van der Waals surface area contributed by atoms with Crippen LogP contribution in [-0.4, -0.2) is 28.2 Å². The number of H-pyrrole nitrogens is 1. The predicted molar refractivity (Wildman–Crippen MR) is 71.4 cm³/mol. The molecule has 2 N–H and O–H groups in total. The maximum atomic E-state index is 11.0. The number of benzene rings is 1. The van der Waals surface area contributed by atoms with E-state index in [2.05, 4.69) is 9.97 Å². The summed E-state index contributed by atoms with van der Waals surface area (Å²) in [5.74, 6) is -0.403. The van der Waals surface area contributed by atoms with Gasteiger partial charge in [0.2, 0.25) is 0 Å². The molecule has 1 unspecified atom stereocenters. The van der Waals surface area contributed by atoms with Crippen molar-refractivity contribution in [2.75, 3.05) is 7.11 Å². The van der Waals surface area contributed by atoms with Crippen molar-refractivity contribution >= 4 is 5.97 Å². The third kappa shape index (κ3) is 2.45. The number of rotatable bonds is 4. The van der Waals surface area contributed by atoms with Crippen molar-refractivity contribution in [1.29, 1.82) is 0 Å². The molecule has 0 fully saturated rings. The number of carboxylic acid groups (broad SMARTS) is 1. The van der Waals surface area contributed by atoms with Crippen LogP contribution in [0, 0.1) is 6.92 Å². The van der Waals surface area contributed by atoms with Crippen molar-refractivity contribution in [3.8, 4) is 17.0 Å². The second kappa shape index (κ2) is 5.14. The van der Waals surface area contributed by atoms with Gasteiger partial charge in [0.25, 0.3) is 0 Å². The Morgan fingerprint density at radius 1 is 1.42 bits per heavy atom. The Labute approximate surface area is 111 Å². The molecule has 1 aromatic heterocycles. The molecule has 19 heavy (non-hydrogen) atoms. The van der Waals surface area contributed by atoms with E-state index in [9.17, 15) is 4.79 Å². The molecule has 1 heterocycles. The summed E-state index contributed by atoms with van der Waals surface area (Å²) in [6, 6.07) is 7.53. The molecule has 0 aliphatic carbocycles. The molecule has 0 radical (unpaired) electrons. The zero-order chi connectivity index (χ0) is 14.0. The monoisotopic (exact) mass is 260 g/mol. The minimum Gasteiger partial charge on any atom is -0.496 e. The minimum absolute atomic E-state index is 0.450. The largest absolute Gasteiger partial charge is 0.496 e. The van der Waals surface area contributed by atoms with Crippen molar-refractivity contribution in [3.05, 3.63) is 35.8 Å². The predicted octanol–water partition coefficient (Wildman–Crippen LogP) is 2.58. The smallest absolute Gasteiger partial charge is 0.313 e. The zero-order valence-corrected chi connectivity index (χ0v) is 11.1. The van der Waals surface area contributed by atoms with E-state index in [0.717, 1.165) is 17.0 Å². The fourth-order valence-electron chi connectivity index (χ4n) is 1.91. The zero-order valence-electron chi connectivity index (χ0n) is 11.1. The highest BCUT2D eigenvalue weighted by atomic mass is 16.5. The van der Waals surface area contributed by atoms with Crippen LogP contribution >= 0.6 is 0 Å². The van der Waals surface area contributed by atoms with E-state index in [1.165, 1.54) is 0 Å². The van der Waals surface area contributed by atoms with Gasteiger partial charge in [0, 0.05) is 11.3 Å². The van der Waals surface area contributed by atoms with Gasteiger partial charge in [-0.3, -0.25) is 4.79 Å². The molecule has 1 atom stereocenters. The van der Waals surface area contributed by atoms with Crippen LogP contribution in [0.1, 0.15) is 24.4 Å². The van der Waals surface area contributed by atoms with Crippen molar-refractivity contribution in [2.24, 2.45) is 0 Å². The van der Waals surface area contributed by atoms with E-state index in [0.29, 0.717) is 11.6 Å². The average molecular weight is 260 g/mol. The molecule has 1 aromatic carbocycles. The fraction of sp³-hybridized carbons (Fsp3) is 0.286. The van der Waals surface area contributed by atoms with E-state index in [1.807, 2.05) is 31.2 Å². The Morgan fingerprint density at radius 2 is 2.11 bits per heavy atom. The quantitative estimate of drug-likeness (QED) is 0.886. The number of carboxylic acids is 1. The molecule has 0 saturated heterocycles. The first-order valence-electron chi connectivity index (χ1n) is 5.97. The first kappa shape index (κ1) is 13.1. The number of aryl methyl sites for hydroxylation is 1. The van der Waals surface area contributed by atoms with Crippen LogP contribution in [0.4, 0.5) is 0 Å². The Hall–Kier alpha value is -2.30. The number of nitrogens with zero attached hydrogens (tertiary/aromatic N) is 1. The molecule has 0 saturated carbocycles. The molecule has 5 heteroatoms. The number of aliphatic carboxylic acids is 1. The summed E-state index contributed by atoms with van der Waals surface area (Å²) in [6.07, 6.45) is 0. The number of ether oxygens (including phenoxy) is 1. The number of para-hydroxylation sites is 1. The molecule has 0 bridgehead atoms. The third-order valence-corrected chi connectivity index (χ3v) is 3.05. The molecular formula is C14H16N2O3.